The predicted octanol–water partition coefficient (Wildman–Crippen LogP) is 4.23. The summed E-state index contributed by atoms with van der Waals surface area (Å²) in [6.07, 6.45) is -5.76. The first-order valence-corrected chi connectivity index (χ1v) is 12.9. The predicted molar refractivity (Wildman–Crippen MR) is 141 cm³/mol. The standard InChI is InChI=1S/C26H28F6N8O2/c1-2-15-11-16(3-4-17(15)25(41)35-7-10-42-9-5-33)37-23-24-36-12-20(40(24)8-6-34-23)18-13-39(14-19(27)22(28)29)38-21(18)26(30,31)32/h3-4,6,8,11-13,19,22H,2,5,7,9-10,14,33H2,1H3,(H,34,37)(H,35,41). The number of aryl methyl sites for hydroxylation is 1. The van der Waals surface area contributed by atoms with E-state index in [-0.39, 0.29) is 23.1 Å². The van der Waals surface area contributed by atoms with Crippen molar-refractivity contribution in [3.8, 4) is 11.3 Å². The Bertz CT molecular complexity index is 1520. The molecule has 0 fully saturated rings. The van der Waals surface area contributed by atoms with Crippen LogP contribution in [0.5, 0.6) is 0 Å². The molecule has 0 saturated carbocycles. The van der Waals surface area contributed by atoms with Gasteiger partial charge in [-0.25, -0.2) is 23.1 Å². The van der Waals surface area contributed by atoms with E-state index in [4.69, 9.17) is 10.5 Å². The van der Waals surface area contributed by atoms with Crippen molar-refractivity contribution in [2.45, 2.75) is 38.7 Å². The zero-order chi connectivity index (χ0) is 30.4. The molecule has 1 aromatic carbocycles. The van der Waals surface area contributed by atoms with Crippen molar-refractivity contribution in [2.24, 2.45) is 5.73 Å². The number of nitrogens with zero attached hydrogens (tertiary/aromatic N) is 5. The van der Waals surface area contributed by atoms with Gasteiger partial charge in [-0.3, -0.25) is 13.9 Å². The number of hydrogen-bond acceptors (Lipinski definition) is 7. The zero-order valence-corrected chi connectivity index (χ0v) is 22.3. The van der Waals surface area contributed by atoms with Crippen LogP contribution in [-0.2, 0) is 23.9 Å². The summed E-state index contributed by atoms with van der Waals surface area (Å²) in [5.41, 5.74) is 5.37. The van der Waals surface area contributed by atoms with Gasteiger partial charge in [-0.15, -0.1) is 0 Å². The minimum atomic E-state index is -4.95. The van der Waals surface area contributed by atoms with Gasteiger partial charge in [0, 0.05) is 42.9 Å². The van der Waals surface area contributed by atoms with Crippen LogP contribution in [0.2, 0.25) is 0 Å². The molecule has 10 nitrogen and oxygen atoms in total. The van der Waals surface area contributed by atoms with E-state index in [2.05, 4.69) is 25.7 Å². The Balaban J connectivity index is 1.60. The molecule has 0 aliphatic heterocycles. The summed E-state index contributed by atoms with van der Waals surface area (Å²) in [7, 11) is 0. The van der Waals surface area contributed by atoms with Gasteiger partial charge >= 0.3 is 6.18 Å². The van der Waals surface area contributed by atoms with Crippen LogP contribution in [0.15, 0.2) is 43.0 Å². The summed E-state index contributed by atoms with van der Waals surface area (Å²) in [5.74, 6) is -0.0796. The molecule has 4 rings (SSSR count). The van der Waals surface area contributed by atoms with Crippen molar-refractivity contribution in [1.29, 1.82) is 0 Å². The first-order chi connectivity index (χ1) is 20.0. The number of fused-ring (bicyclic) bond motifs is 1. The van der Waals surface area contributed by atoms with E-state index < -0.39 is 36.6 Å². The first-order valence-electron chi connectivity index (χ1n) is 12.9. The molecule has 3 heterocycles. The molecule has 0 saturated heterocycles. The Kier molecular flexibility index (Phi) is 9.67. The number of benzene rings is 1. The summed E-state index contributed by atoms with van der Waals surface area (Å²) in [6.45, 7) is 2.24. The van der Waals surface area contributed by atoms with Crippen LogP contribution in [0.25, 0.3) is 16.9 Å². The average molecular weight is 599 g/mol. The molecule has 16 heteroatoms. The van der Waals surface area contributed by atoms with Crippen LogP contribution in [-0.4, -0.2) is 69.0 Å². The number of nitrogens with two attached hydrogens (primary N) is 1. The van der Waals surface area contributed by atoms with Crippen molar-refractivity contribution in [1.82, 2.24) is 29.5 Å². The molecule has 0 radical (unpaired) electrons. The lowest BCUT2D eigenvalue weighted by molar-refractivity contribution is -0.141. The van der Waals surface area contributed by atoms with Gasteiger partial charge in [-0.05, 0) is 30.2 Å². The van der Waals surface area contributed by atoms with Gasteiger partial charge < -0.3 is 21.1 Å². The van der Waals surface area contributed by atoms with Gasteiger partial charge in [0.15, 0.2) is 23.3 Å². The smallest absolute Gasteiger partial charge is 0.378 e. The highest BCUT2D eigenvalue weighted by Crippen LogP contribution is 2.37. The molecule has 0 spiro atoms. The quantitative estimate of drug-likeness (QED) is 0.156. The van der Waals surface area contributed by atoms with Crippen LogP contribution >= 0.6 is 0 Å². The van der Waals surface area contributed by atoms with E-state index in [0.29, 0.717) is 48.7 Å². The highest BCUT2D eigenvalue weighted by atomic mass is 19.4. The minimum Gasteiger partial charge on any atom is -0.378 e. The van der Waals surface area contributed by atoms with Crippen molar-refractivity contribution in [3.05, 3.63) is 59.8 Å². The number of ether oxygens (including phenoxy) is 1. The molecule has 1 unspecified atom stereocenters. The molecule has 226 valence electrons. The highest BCUT2D eigenvalue weighted by Gasteiger charge is 2.39. The fourth-order valence-electron chi connectivity index (χ4n) is 4.22. The Morgan fingerprint density at radius 2 is 1.95 bits per heavy atom. The molecule has 0 bridgehead atoms. The average Bonchev–Trinajstić information content (AvgIpc) is 3.57. The molecule has 1 atom stereocenters. The number of imidazole rings is 1. The summed E-state index contributed by atoms with van der Waals surface area (Å²) in [4.78, 5) is 21.1. The van der Waals surface area contributed by atoms with Gasteiger partial charge in [0.2, 0.25) is 0 Å². The normalized spacial score (nSPS) is 12.7. The third-order valence-electron chi connectivity index (χ3n) is 6.16. The summed E-state index contributed by atoms with van der Waals surface area (Å²) >= 11 is 0. The second-order valence-corrected chi connectivity index (χ2v) is 9.08. The van der Waals surface area contributed by atoms with E-state index in [1.54, 1.807) is 18.2 Å². The molecule has 42 heavy (non-hydrogen) atoms. The maximum absolute atomic E-state index is 13.8. The highest BCUT2D eigenvalue weighted by molar-refractivity contribution is 5.96. The molecular weight excluding hydrogens is 570 g/mol. The van der Waals surface area contributed by atoms with E-state index in [1.165, 1.54) is 16.8 Å². The monoisotopic (exact) mass is 598 g/mol. The molecule has 4 N–H and O–H groups in total. The molecule has 1 amide bonds. The molecule has 3 aromatic heterocycles. The maximum Gasteiger partial charge on any atom is 0.435 e. The third kappa shape index (κ3) is 6.99. The van der Waals surface area contributed by atoms with E-state index in [9.17, 15) is 31.1 Å². The fourth-order valence-corrected chi connectivity index (χ4v) is 4.22. The molecule has 0 aliphatic rings. The number of nitrogens with one attached hydrogen (secondary N) is 2. The van der Waals surface area contributed by atoms with Gasteiger partial charge in [-0.2, -0.15) is 18.3 Å². The Labute approximate surface area is 235 Å². The van der Waals surface area contributed by atoms with Crippen LogP contribution in [0, 0.1) is 0 Å². The van der Waals surface area contributed by atoms with Gasteiger partial charge in [0.05, 0.1) is 37.2 Å². The lowest BCUT2D eigenvalue weighted by Gasteiger charge is -2.13. The number of halogens is 6. The fraction of sp³-hybridized carbons (Fsp3) is 0.385. The summed E-state index contributed by atoms with van der Waals surface area (Å²) < 4.78 is 87.3. The Hall–Kier alpha value is -4.18. The number of rotatable bonds is 13. The number of anilines is 2. The second-order valence-electron chi connectivity index (χ2n) is 9.08. The summed E-state index contributed by atoms with van der Waals surface area (Å²) in [6, 6.07) is 5.03. The van der Waals surface area contributed by atoms with E-state index in [1.807, 2.05) is 6.92 Å². The van der Waals surface area contributed by atoms with Crippen molar-refractivity contribution in [3.63, 3.8) is 0 Å². The number of aromatic nitrogens is 5. The lowest BCUT2D eigenvalue weighted by Crippen LogP contribution is -2.28. The lowest BCUT2D eigenvalue weighted by atomic mass is 10.0. The van der Waals surface area contributed by atoms with Crippen molar-refractivity contribution >= 4 is 23.1 Å². The number of alkyl halides is 6. The number of hydrogen-bond donors (Lipinski definition) is 3. The number of carbonyl (C=O) groups is 1. The first kappa shape index (κ1) is 30.8. The number of carbonyl (C=O) groups excluding carboxylic acids is 1. The molecule has 0 aliphatic carbocycles. The van der Waals surface area contributed by atoms with Crippen molar-refractivity contribution in [2.75, 3.05) is 31.6 Å². The second kappa shape index (κ2) is 13.2. The topological polar surface area (TPSA) is 124 Å². The van der Waals surface area contributed by atoms with Crippen molar-refractivity contribution < 1.29 is 35.9 Å². The van der Waals surface area contributed by atoms with Crippen LogP contribution in [0.3, 0.4) is 0 Å². The Morgan fingerprint density at radius 3 is 2.64 bits per heavy atom. The SMILES string of the molecule is CCc1cc(Nc2nccn3c(-c4cn(CC(F)C(F)F)nc4C(F)(F)F)cnc23)ccc1C(=O)NCCOCCN. The van der Waals surface area contributed by atoms with Gasteiger partial charge in [-0.1, -0.05) is 6.92 Å². The van der Waals surface area contributed by atoms with Crippen LogP contribution in [0.1, 0.15) is 28.5 Å². The van der Waals surface area contributed by atoms with Crippen LogP contribution < -0.4 is 16.4 Å². The number of amides is 1. The minimum absolute atomic E-state index is 0.0572. The third-order valence-corrected chi connectivity index (χ3v) is 6.16. The molecule has 4 aromatic rings. The summed E-state index contributed by atoms with van der Waals surface area (Å²) in [5, 5.41) is 9.19. The molecular formula is C26H28F6N8O2. The zero-order valence-electron chi connectivity index (χ0n) is 22.3. The maximum atomic E-state index is 13.8. The van der Waals surface area contributed by atoms with Gasteiger partial charge in [0.25, 0.3) is 12.3 Å². The van der Waals surface area contributed by atoms with E-state index >= 15 is 0 Å². The van der Waals surface area contributed by atoms with E-state index in [0.717, 1.165) is 18.0 Å². The largest absolute Gasteiger partial charge is 0.435 e. The van der Waals surface area contributed by atoms with Gasteiger partial charge in [0.1, 0.15) is 0 Å². The van der Waals surface area contributed by atoms with Crippen LogP contribution in [0.4, 0.5) is 37.8 Å². The Morgan fingerprint density at radius 1 is 1.17 bits per heavy atom.